The molecule has 0 radical (unpaired) electrons. The third-order valence-corrected chi connectivity index (χ3v) is 7.52. The van der Waals surface area contributed by atoms with E-state index in [0.29, 0.717) is 27.5 Å². The predicted octanol–water partition coefficient (Wildman–Crippen LogP) is 3.50. The first-order valence-corrected chi connectivity index (χ1v) is 13.1. The van der Waals surface area contributed by atoms with Crippen LogP contribution in [-0.4, -0.2) is 34.7 Å². The normalized spacial score (nSPS) is 14.7. The number of nitro benzene ring substituents is 1. The third-order valence-electron chi connectivity index (χ3n) is 6.54. The molecule has 0 fully saturated rings. The van der Waals surface area contributed by atoms with Crippen LogP contribution in [0.2, 0.25) is 0 Å². The van der Waals surface area contributed by atoms with Gasteiger partial charge in [-0.25, -0.2) is 4.99 Å². The van der Waals surface area contributed by atoms with Gasteiger partial charge in [-0.1, -0.05) is 41.7 Å². The number of fused-ring (bicyclic) bond motifs is 1. The molecule has 0 aliphatic carbocycles. The molecule has 2 N–H and O–H groups in total. The van der Waals surface area contributed by atoms with E-state index >= 15 is 0 Å². The predicted molar refractivity (Wildman–Crippen MR) is 153 cm³/mol. The third kappa shape index (κ3) is 5.20. The number of rotatable bonds is 7. The highest BCUT2D eigenvalue weighted by atomic mass is 32.1. The molecule has 11 nitrogen and oxygen atoms in total. The molecule has 208 valence electrons. The Balaban J connectivity index is 1.70. The topological polar surface area (TPSA) is 145 Å². The van der Waals surface area contributed by atoms with Gasteiger partial charge in [0, 0.05) is 17.3 Å². The summed E-state index contributed by atoms with van der Waals surface area (Å²) < 4.78 is 11.9. The highest BCUT2D eigenvalue weighted by Gasteiger charge is 2.32. The van der Waals surface area contributed by atoms with Crippen LogP contribution in [0.3, 0.4) is 0 Å². The zero-order valence-electron chi connectivity index (χ0n) is 22.2. The number of carbonyl (C=O) groups is 1. The fraction of sp³-hybridized carbons (Fsp3) is 0.138. The number of anilines is 1. The first-order chi connectivity index (χ1) is 19.7. The molecule has 4 aromatic rings. The van der Waals surface area contributed by atoms with Crippen LogP contribution in [0.1, 0.15) is 24.1 Å². The molecule has 0 bridgehead atoms. The SMILES string of the molecule is COc1ccc([C@@H]2C(C(=O)Nc3ccccc3)=C(C)N=c3s/c(=C\c4cc([N+](=O)[O-])cc(OC)c4O)c(=O)n32)cc1. The van der Waals surface area contributed by atoms with Gasteiger partial charge < -0.3 is 19.9 Å². The molecule has 5 rings (SSSR count). The lowest BCUT2D eigenvalue weighted by atomic mass is 9.95. The number of amides is 1. The summed E-state index contributed by atoms with van der Waals surface area (Å²) in [5, 5.41) is 25.0. The largest absolute Gasteiger partial charge is 0.504 e. The van der Waals surface area contributed by atoms with Gasteiger partial charge in [-0.05, 0) is 42.8 Å². The smallest absolute Gasteiger partial charge is 0.274 e. The molecule has 1 aromatic heterocycles. The number of aromatic hydroxyl groups is 1. The molecule has 0 spiro atoms. The number of phenolic OH excluding ortho intramolecular Hbond substituents is 1. The van der Waals surface area contributed by atoms with Crippen molar-refractivity contribution in [1.82, 2.24) is 4.57 Å². The monoisotopic (exact) mass is 572 g/mol. The minimum Gasteiger partial charge on any atom is -0.504 e. The summed E-state index contributed by atoms with van der Waals surface area (Å²) in [6.45, 7) is 1.70. The summed E-state index contributed by atoms with van der Waals surface area (Å²) in [7, 11) is 2.81. The van der Waals surface area contributed by atoms with Crippen LogP contribution >= 0.6 is 11.3 Å². The Kier molecular flexibility index (Phi) is 7.40. The van der Waals surface area contributed by atoms with Crippen molar-refractivity contribution in [3.8, 4) is 17.2 Å². The average Bonchev–Trinajstić information content (AvgIpc) is 3.27. The number of nitrogens with zero attached hydrogens (tertiary/aromatic N) is 3. The highest BCUT2D eigenvalue weighted by molar-refractivity contribution is 7.07. The van der Waals surface area contributed by atoms with Gasteiger partial charge in [0.1, 0.15) is 5.75 Å². The number of nitro groups is 1. The summed E-state index contributed by atoms with van der Waals surface area (Å²) in [4.78, 5) is 43.3. The van der Waals surface area contributed by atoms with Crippen LogP contribution in [-0.2, 0) is 4.79 Å². The molecule has 1 aliphatic rings. The Morgan fingerprint density at radius 3 is 2.46 bits per heavy atom. The second kappa shape index (κ2) is 11.1. The number of ether oxygens (including phenoxy) is 2. The Labute approximate surface area is 237 Å². The highest BCUT2D eigenvalue weighted by Crippen LogP contribution is 2.35. The molecule has 41 heavy (non-hydrogen) atoms. The van der Waals surface area contributed by atoms with E-state index in [1.54, 1.807) is 62.6 Å². The summed E-state index contributed by atoms with van der Waals surface area (Å²) in [6.07, 6.45) is 1.35. The van der Waals surface area contributed by atoms with Gasteiger partial charge in [-0.3, -0.25) is 24.3 Å². The Bertz CT molecular complexity index is 1880. The second-order valence-corrected chi connectivity index (χ2v) is 10.0. The van der Waals surface area contributed by atoms with Crippen molar-refractivity contribution < 1.29 is 24.3 Å². The molecule has 1 atom stereocenters. The number of methoxy groups -OCH3 is 2. The van der Waals surface area contributed by atoms with Gasteiger partial charge in [0.05, 0.1) is 47.1 Å². The number of hydrogen-bond acceptors (Lipinski definition) is 9. The lowest BCUT2D eigenvalue weighted by Crippen LogP contribution is -2.40. The fourth-order valence-electron chi connectivity index (χ4n) is 4.56. The van der Waals surface area contributed by atoms with Crippen LogP contribution in [0.4, 0.5) is 11.4 Å². The van der Waals surface area contributed by atoms with Gasteiger partial charge in [0.15, 0.2) is 16.3 Å². The average molecular weight is 573 g/mol. The van der Waals surface area contributed by atoms with Crippen molar-refractivity contribution in [3.05, 3.63) is 119 Å². The van der Waals surface area contributed by atoms with Crippen LogP contribution in [0.5, 0.6) is 17.2 Å². The van der Waals surface area contributed by atoms with E-state index in [2.05, 4.69) is 10.3 Å². The number of thiazole rings is 1. The summed E-state index contributed by atoms with van der Waals surface area (Å²) in [5.41, 5.74) is 1.15. The van der Waals surface area contributed by atoms with Crippen LogP contribution in [0.15, 0.2) is 87.8 Å². The number of hydrogen-bond donors (Lipinski definition) is 2. The fourth-order valence-corrected chi connectivity index (χ4v) is 5.60. The van der Waals surface area contributed by atoms with E-state index < -0.39 is 22.4 Å². The number of para-hydroxylation sites is 1. The van der Waals surface area contributed by atoms with Gasteiger partial charge in [0.2, 0.25) is 0 Å². The van der Waals surface area contributed by atoms with Crippen molar-refractivity contribution in [3.63, 3.8) is 0 Å². The Hall–Kier alpha value is -5.23. The maximum Gasteiger partial charge on any atom is 0.274 e. The van der Waals surface area contributed by atoms with Crippen LogP contribution in [0.25, 0.3) is 6.08 Å². The zero-order chi connectivity index (χ0) is 29.3. The maximum absolute atomic E-state index is 13.9. The number of carbonyl (C=O) groups excluding carboxylic acids is 1. The lowest BCUT2D eigenvalue weighted by molar-refractivity contribution is -0.385. The van der Waals surface area contributed by atoms with E-state index in [1.807, 2.05) is 6.07 Å². The van der Waals surface area contributed by atoms with E-state index in [4.69, 9.17) is 9.47 Å². The Morgan fingerprint density at radius 2 is 1.83 bits per heavy atom. The number of aromatic nitrogens is 1. The van der Waals surface area contributed by atoms with E-state index in [9.17, 15) is 24.8 Å². The minimum atomic E-state index is -0.837. The first kappa shape index (κ1) is 27.3. The standard InChI is InChI=1S/C29H24N4O7S/c1-16-24(27(35)31-19-7-5-4-6-8-19)25(17-9-11-21(39-2)12-10-17)32-28(36)23(41-29(32)30-16)14-18-13-20(33(37)38)15-22(40-3)26(18)34/h4-15,25,34H,1-3H3,(H,31,35)/b23-14-/t25-/m1/s1. The van der Waals surface area contributed by atoms with E-state index in [-0.39, 0.29) is 32.9 Å². The summed E-state index contributed by atoms with van der Waals surface area (Å²) in [5.74, 6) is -0.277. The molecule has 1 amide bonds. The lowest BCUT2D eigenvalue weighted by Gasteiger charge is -2.25. The van der Waals surface area contributed by atoms with Gasteiger partial charge in [-0.2, -0.15) is 0 Å². The van der Waals surface area contributed by atoms with Gasteiger partial charge >= 0.3 is 0 Å². The Morgan fingerprint density at radius 1 is 1.12 bits per heavy atom. The molecule has 1 aliphatic heterocycles. The number of phenols is 1. The minimum absolute atomic E-state index is 0.0278. The van der Waals surface area contributed by atoms with Crippen LogP contribution in [0, 0.1) is 10.1 Å². The van der Waals surface area contributed by atoms with E-state index in [0.717, 1.165) is 23.5 Å². The molecular weight excluding hydrogens is 548 g/mol. The maximum atomic E-state index is 13.9. The second-order valence-electron chi connectivity index (χ2n) is 9.02. The van der Waals surface area contributed by atoms with E-state index in [1.165, 1.54) is 17.8 Å². The molecule has 0 saturated heterocycles. The van der Waals surface area contributed by atoms with Crippen molar-refractivity contribution >= 4 is 34.7 Å². The van der Waals surface area contributed by atoms with Crippen molar-refractivity contribution in [2.24, 2.45) is 4.99 Å². The zero-order valence-corrected chi connectivity index (χ0v) is 23.0. The van der Waals surface area contributed by atoms with Gasteiger partial charge in [-0.15, -0.1) is 0 Å². The molecule has 0 saturated carbocycles. The number of allylic oxidation sites excluding steroid dienone is 1. The molecule has 2 heterocycles. The van der Waals surface area contributed by atoms with Crippen LogP contribution < -0.4 is 29.7 Å². The first-order valence-electron chi connectivity index (χ1n) is 12.3. The number of nitrogens with one attached hydrogen (secondary N) is 1. The number of benzene rings is 3. The summed E-state index contributed by atoms with van der Waals surface area (Å²) in [6, 6.07) is 17.4. The number of non-ortho nitro benzene ring substituents is 1. The van der Waals surface area contributed by atoms with Gasteiger partial charge in [0.25, 0.3) is 17.2 Å². The quantitative estimate of drug-likeness (QED) is 0.255. The van der Waals surface area contributed by atoms with Crippen molar-refractivity contribution in [2.75, 3.05) is 19.5 Å². The molecule has 12 heteroatoms. The molecule has 3 aromatic carbocycles. The summed E-state index contributed by atoms with van der Waals surface area (Å²) >= 11 is 1.04. The van der Waals surface area contributed by atoms with Crippen molar-refractivity contribution in [2.45, 2.75) is 13.0 Å². The molecular formula is C29H24N4O7S. The molecule has 0 unspecified atom stereocenters. The van der Waals surface area contributed by atoms with Crippen molar-refractivity contribution in [1.29, 1.82) is 0 Å².